The van der Waals surface area contributed by atoms with E-state index in [0.717, 1.165) is 21.7 Å². The largest absolute Gasteiger partial charge is 0.508 e. The number of halogens is 1. The number of hydrogen-bond donors (Lipinski definition) is 1. The number of hydrogen-bond acceptors (Lipinski definition) is 1. The summed E-state index contributed by atoms with van der Waals surface area (Å²) in [6.07, 6.45) is 2.41. The molecule has 0 unspecified atom stereocenters. The van der Waals surface area contributed by atoms with Crippen LogP contribution in [0.1, 0.15) is 16.7 Å². The van der Waals surface area contributed by atoms with Crippen molar-refractivity contribution in [1.82, 2.24) is 0 Å². The van der Waals surface area contributed by atoms with E-state index in [1.54, 1.807) is 12.1 Å². The molecule has 1 aromatic rings. The molecule has 0 aliphatic rings. The Kier molecular flexibility index (Phi) is 2.99. The van der Waals surface area contributed by atoms with Crippen LogP contribution in [0.4, 0.5) is 0 Å². The Hall–Kier alpha value is -0.950. The van der Waals surface area contributed by atoms with E-state index in [4.69, 9.17) is 11.6 Å². The molecule has 0 spiro atoms. The normalized spacial score (nSPS) is 10.1. The third-order valence-corrected chi connectivity index (χ3v) is 2.72. The predicted molar refractivity (Wildman–Crippen MR) is 56.5 cm³/mol. The molecule has 0 heterocycles. The van der Waals surface area contributed by atoms with Crippen LogP contribution >= 0.6 is 11.6 Å². The molecule has 0 atom stereocenters. The summed E-state index contributed by atoms with van der Waals surface area (Å²) in [5.41, 5.74) is 2.72. The number of aromatic hydroxyl groups is 1. The number of benzene rings is 1. The average molecular weight is 197 g/mol. The standard InChI is InChI=1S/C11H13ClO/c1-4-5-9-8(3)11(12)7(2)6-10(9)13/h4,6,13H,1,5H2,2-3H3. The maximum atomic E-state index is 9.62. The van der Waals surface area contributed by atoms with Gasteiger partial charge in [0, 0.05) is 10.6 Å². The second-order valence-corrected chi connectivity index (χ2v) is 3.50. The van der Waals surface area contributed by atoms with E-state index in [9.17, 15) is 5.11 Å². The SMILES string of the molecule is C=CCc1c(O)cc(C)c(Cl)c1C. The van der Waals surface area contributed by atoms with Crippen molar-refractivity contribution in [3.05, 3.63) is 40.4 Å². The van der Waals surface area contributed by atoms with Crippen molar-refractivity contribution in [2.75, 3.05) is 0 Å². The summed E-state index contributed by atoms with van der Waals surface area (Å²) < 4.78 is 0. The van der Waals surface area contributed by atoms with E-state index in [0.29, 0.717) is 12.2 Å². The molecule has 0 aromatic heterocycles. The first-order valence-electron chi connectivity index (χ1n) is 4.16. The Bertz CT molecular complexity index is 342. The molecule has 1 rings (SSSR count). The van der Waals surface area contributed by atoms with Crippen LogP contribution in [-0.2, 0) is 6.42 Å². The molecular formula is C11H13ClO. The third kappa shape index (κ3) is 1.86. The first kappa shape index (κ1) is 10.1. The van der Waals surface area contributed by atoms with E-state index >= 15 is 0 Å². The highest BCUT2D eigenvalue weighted by molar-refractivity contribution is 6.32. The van der Waals surface area contributed by atoms with Crippen molar-refractivity contribution in [3.8, 4) is 5.75 Å². The summed E-state index contributed by atoms with van der Waals surface area (Å²) in [5, 5.41) is 10.4. The van der Waals surface area contributed by atoms with Gasteiger partial charge in [0.15, 0.2) is 0 Å². The molecule has 0 fully saturated rings. The molecule has 0 amide bonds. The van der Waals surface area contributed by atoms with Gasteiger partial charge >= 0.3 is 0 Å². The van der Waals surface area contributed by atoms with Gasteiger partial charge in [-0.3, -0.25) is 0 Å². The number of allylic oxidation sites excluding steroid dienone is 1. The highest BCUT2D eigenvalue weighted by Gasteiger charge is 2.09. The molecule has 0 radical (unpaired) electrons. The number of phenols is 1. The quantitative estimate of drug-likeness (QED) is 0.719. The molecule has 1 N–H and O–H groups in total. The van der Waals surface area contributed by atoms with E-state index < -0.39 is 0 Å². The fraction of sp³-hybridized carbons (Fsp3) is 0.273. The van der Waals surface area contributed by atoms with Gasteiger partial charge in [0.2, 0.25) is 0 Å². The van der Waals surface area contributed by atoms with Gasteiger partial charge < -0.3 is 5.11 Å². The lowest BCUT2D eigenvalue weighted by Gasteiger charge is -2.10. The van der Waals surface area contributed by atoms with Gasteiger partial charge in [0.05, 0.1) is 0 Å². The number of phenolic OH excluding ortho intramolecular Hbond substituents is 1. The molecule has 0 saturated heterocycles. The van der Waals surface area contributed by atoms with Gasteiger partial charge in [0.25, 0.3) is 0 Å². The molecule has 0 aliphatic carbocycles. The van der Waals surface area contributed by atoms with E-state index in [2.05, 4.69) is 6.58 Å². The Morgan fingerprint density at radius 1 is 1.54 bits per heavy atom. The first-order valence-corrected chi connectivity index (χ1v) is 4.54. The van der Waals surface area contributed by atoms with Gasteiger partial charge in [-0.05, 0) is 37.5 Å². The minimum absolute atomic E-state index is 0.305. The lowest BCUT2D eigenvalue weighted by Crippen LogP contribution is -1.91. The predicted octanol–water partition coefficient (Wildman–Crippen LogP) is 3.39. The second kappa shape index (κ2) is 3.84. The molecular weight excluding hydrogens is 184 g/mol. The summed E-state index contributed by atoms with van der Waals surface area (Å²) in [5.74, 6) is 0.305. The minimum atomic E-state index is 0.305. The summed E-state index contributed by atoms with van der Waals surface area (Å²) in [6, 6.07) is 1.69. The zero-order chi connectivity index (χ0) is 10.0. The maximum absolute atomic E-state index is 9.62. The van der Waals surface area contributed by atoms with E-state index in [1.807, 2.05) is 13.8 Å². The summed E-state index contributed by atoms with van der Waals surface area (Å²) >= 11 is 6.05. The third-order valence-electron chi connectivity index (χ3n) is 2.14. The average Bonchev–Trinajstić information content (AvgIpc) is 2.09. The van der Waals surface area contributed by atoms with Gasteiger partial charge in [0.1, 0.15) is 5.75 Å². The van der Waals surface area contributed by atoms with Gasteiger partial charge in [-0.25, -0.2) is 0 Å². The molecule has 1 nitrogen and oxygen atoms in total. The van der Waals surface area contributed by atoms with Crippen LogP contribution < -0.4 is 0 Å². The maximum Gasteiger partial charge on any atom is 0.119 e. The molecule has 1 aromatic carbocycles. The Labute approximate surface area is 83.7 Å². The molecule has 0 saturated carbocycles. The van der Waals surface area contributed by atoms with Crippen LogP contribution in [0, 0.1) is 13.8 Å². The lowest BCUT2D eigenvalue weighted by atomic mass is 10.0. The topological polar surface area (TPSA) is 20.2 Å². The minimum Gasteiger partial charge on any atom is -0.508 e. The van der Waals surface area contributed by atoms with Crippen molar-refractivity contribution < 1.29 is 5.11 Å². The first-order chi connectivity index (χ1) is 6.07. The van der Waals surface area contributed by atoms with Crippen LogP contribution in [0.25, 0.3) is 0 Å². The van der Waals surface area contributed by atoms with Crippen LogP contribution in [0.5, 0.6) is 5.75 Å². The Morgan fingerprint density at radius 2 is 2.15 bits per heavy atom. The van der Waals surface area contributed by atoms with Crippen molar-refractivity contribution in [3.63, 3.8) is 0 Å². The fourth-order valence-corrected chi connectivity index (χ4v) is 1.55. The van der Waals surface area contributed by atoms with Crippen LogP contribution in [0.2, 0.25) is 5.02 Å². The van der Waals surface area contributed by atoms with Crippen molar-refractivity contribution in [2.24, 2.45) is 0 Å². The van der Waals surface area contributed by atoms with Crippen LogP contribution in [0.15, 0.2) is 18.7 Å². The molecule has 0 aliphatic heterocycles. The summed E-state index contributed by atoms with van der Waals surface area (Å²) in [7, 11) is 0. The van der Waals surface area contributed by atoms with Crippen LogP contribution in [0.3, 0.4) is 0 Å². The molecule has 70 valence electrons. The summed E-state index contributed by atoms with van der Waals surface area (Å²) in [4.78, 5) is 0. The zero-order valence-corrected chi connectivity index (χ0v) is 8.65. The molecule has 13 heavy (non-hydrogen) atoms. The van der Waals surface area contributed by atoms with Gasteiger partial charge in [-0.2, -0.15) is 0 Å². The number of aryl methyl sites for hydroxylation is 1. The van der Waals surface area contributed by atoms with Crippen molar-refractivity contribution in [2.45, 2.75) is 20.3 Å². The van der Waals surface area contributed by atoms with E-state index in [-0.39, 0.29) is 0 Å². The van der Waals surface area contributed by atoms with Crippen molar-refractivity contribution >= 4 is 11.6 Å². The van der Waals surface area contributed by atoms with Crippen LogP contribution in [-0.4, -0.2) is 5.11 Å². The fourth-order valence-electron chi connectivity index (χ4n) is 1.38. The van der Waals surface area contributed by atoms with Crippen molar-refractivity contribution in [1.29, 1.82) is 0 Å². The monoisotopic (exact) mass is 196 g/mol. The lowest BCUT2D eigenvalue weighted by molar-refractivity contribution is 0.468. The highest BCUT2D eigenvalue weighted by atomic mass is 35.5. The van der Waals surface area contributed by atoms with E-state index in [1.165, 1.54) is 0 Å². The molecule has 2 heteroatoms. The molecule has 0 bridgehead atoms. The summed E-state index contributed by atoms with van der Waals surface area (Å²) in [6.45, 7) is 7.43. The Morgan fingerprint density at radius 3 is 2.69 bits per heavy atom. The second-order valence-electron chi connectivity index (χ2n) is 3.12. The van der Waals surface area contributed by atoms with Gasteiger partial charge in [-0.1, -0.05) is 17.7 Å². The Balaban J connectivity index is 3.34. The van der Waals surface area contributed by atoms with Gasteiger partial charge in [-0.15, -0.1) is 6.58 Å². The smallest absolute Gasteiger partial charge is 0.119 e. The zero-order valence-electron chi connectivity index (χ0n) is 7.89. The number of rotatable bonds is 2. The highest BCUT2D eigenvalue weighted by Crippen LogP contribution is 2.31.